The van der Waals surface area contributed by atoms with Crippen molar-refractivity contribution in [2.75, 3.05) is 20.7 Å². The molecule has 0 fully saturated rings. The molecular formula is C18H24F2N6O. The molecule has 146 valence electrons. The lowest BCUT2D eigenvalue weighted by Gasteiger charge is -2.25. The van der Waals surface area contributed by atoms with Crippen molar-refractivity contribution in [3.63, 3.8) is 0 Å². The zero-order chi connectivity index (χ0) is 19.2. The van der Waals surface area contributed by atoms with Gasteiger partial charge in [0.1, 0.15) is 24.1 Å². The van der Waals surface area contributed by atoms with E-state index in [1.165, 1.54) is 12.1 Å². The van der Waals surface area contributed by atoms with Crippen molar-refractivity contribution < 1.29 is 13.5 Å². The molecule has 0 amide bonds. The maximum atomic E-state index is 13.7. The van der Waals surface area contributed by atoms with E-state index in [1.807, 2.05) is 4.68 Å². The number of methoxy groups -OCH3 is 1. The Labute approximate surface area is 156 Å². The Kier molecular flexibility index (Phi) is 6.33. The summed E-state index contributed by atoms with van der Waals surface area (Å²) in [4.78, 5) is 8.68. The van der Waals surface area contributed by atoms with E-state index in [0.29, 0.717) is 43.5 Å². The molecule has 0 aliphatic carbocycles. The van der Waals surface area contributed by atoms with Gasteiger partial charge in [0, 0.05) is 39.2 Å². The molecule has 27 heavy (non-hydrogen) atoms. The minimum Gasteiger partial charge on any atom is -0.377 e. The zero-order valence-corrected chi connectivity index (χ0v) is 15.5. The molecule has 1 unspecified atom stereocenters. The number of benzene rings is 1. The first-order valence-corrected chi connectivity index (χ1v) is 8.91. The van der Waals surface area contributed by atoms with E-state index in [4.69, 9.17) is 4.74 Å². The Hall–Kier alpha value is -2.55. The van der Waals surface area contributed by atoms with Crippen LogP contribution in [0.1, 0.15) is 23.6 Å². The molecule has 1 aliphatic heterocycles. The normalized spacial score (nSPS) is 16.9. The number of aliphatic imine (C=N–C) groups is 1. The average molecular weight is 378 g/mol. The minimum atomic E-state index is -0.569. The monoisotopic (exact) mass is 378 g/mol. The highest BCUT2D eigenvalue weighted by Gasteiger charge is 2.22. The number of guanidine groups is 1. The lowest BCUT2D eigenvalue weighted by atomic mass is 10.1. The number of hydrogen-bond donors (Lipinski definition) is 2. The van der Waals surface area contributed by atoms with E-state index >= 15 is 0 Å². The summed E-state index contributed by atoms with van der Waals surface area (Å²) in [6.45, 7) is 1.59. The maximum absolute atomic E-state index is 13.7. The molecule has 7 nitrogen and oxygen atoms in total. The molecule has 1 aliphatic rings. The number of halogens is 2. The summed E-state index contributed by atoms with van der Waals surface area (Å²) in [5.74, 6) is 1.20. The van der Waals surface area contributed by atoms with Gasteiger partial charge in [-0.3, -0.25) is 4.99 Å². The number of nitrogens with zero attached hydrogens (tertiary/aromatic N) is 4. The largest absolute Gasteiger partial charge is 0.377 e. The Morgan fingerprint density at radius 2 is 2.26 bits per heavy atom. The Morgan fingerprint density at radius 3 is 3.00 bits per heavy atom. The number of aromatic nitrogens is 3. The van der Waals surface area contributed by atoms with Gasteiger partial charge >= 0.3 is 0 Å². The van der Waals surface area contributed by atoms with Crippen molar-refractivity contribution in [1.29, 1.82) is 0 Å². The average Bonchev–Trinajstić information content (AvgIpc) is 3.04. The molecule has 1 aromatic carbocycles. The van der Waals surface area contributed by atoms with Crippen LogP contribution in [0.2, 0.25) is 0 Å². The van der Waals surface area contributed by atoms with Crippen LogP contribution in [0.5, 0.6) is 0 Å². The molecule has 2 N–H and O–H groups in total. The van der Waals surface area contributed by atoms with Gasteiger partial charge in [-0.25, -0.2) is 18.4 Å². The number of hydrogen-bond acceptors (Lipinski definition) is 4. The van der Waals surface area contributed by atoms with Gasteiger partial charge in [-0.15, -0.1) is 0 Å². The molecule has 3 rings (SSSR count). The molecular weight excluding hydrogens is 354 g/mol. The van der Waals surface area contributed by atoms with E-state index in [0.717, 1.165) is 24.7 Å². The van der Waals surface area contributed by atoms with E-state index in [9.17, 15) is 8.78 Å². The third-order valence-electron chi connectivity index (χ3n) is 4.44. The van der Waals surface area contributed by atoms with Crippen LogP contribution >= 0.6 is 0 Å². The van der Waals surface area contributed by atoms with Gasteiger partial charge in [-0.2, -0.15) is 5.10 Å². The summed E-state index contributed by atoms with van der Waals surface area (Å²) < 4.78 is 33.6. The van der Waals surface area contributed by atoms with Gasteiger partial charge in [0.25, 0.3) is 0 Å². The summed E-state index contributed by atoms with van der Waals surface area (Å²) >= 11 is 0. The lowest BCUT2D eigenvalue weighted by molar-refractivity contribution is 0.177. The maximum Gasteiger partial charge on any atom is 0.191 e. The van der Waals surface area contributed by atoms with Crippen LogP contribution in [0, 0.1) is 11.6 Å². The van der Waals surface area contributed by atoms with Crippen molar-refractivity contribution in [3.8, 4) is 0 Å². The second-order valence-electron chi connectivity index (χ2n) is 6.42. The highest BCUT2D eigenvalue weighted by molar-refractivity contribution is 5.79. The van der Waals surface area contributed by atoms with Crippen molar-refractivity contribution in [3.05, 3.63) is 47.0 Å². The molecule has 0 saturated carbocycles. The molecule has 0 radical (unpaired) electrons. The van der Waals surface area contributed by atoms with E-state index in [1.54, 1.807) is 14.2 Å². The van der Waals surface area contributed by atoms with Gasteiger partial charge in [0.2, 0.25) is 0 Å². The zero-order valence-electron chi connectivity index (χ0n) is 15.5. The van der Waals surface area contributed by atoms with Crippen LogP contribution in [-0.2, 0) is 30.7 Å². The van der Waals surface area contributed by atoms with Crippen LogP contribution in [0.4, 0.5) is 8.78 Å². The van der Waals surface area contributed by atoms with Crippen LogP contribution < -0.4 is 10.6 Å². The molecule has 9 heteroatoms. The number of nitrogens with one attached hydrogen (secondary N) is 2. The summed E-state index contributed by atoms with van der Waals surface area (Å²) in [7, 11) is 3.31. The molecule has 0 saturated heterocycles. The Balaban J connectivity index is 1.50. The second kappa shape index (κ2) is 8.90. The Bertz CT molecular complexity index is 807. The van der Waals surface area contributed by atoms with E-state index in [-0.39, 0.29) is 6.04 Å². The van der Waals surface area contributed by atoms with Crippen LogP contribution in [0.3, 0.4) is 0 Å². The van der Waals surface area contributed by atoms with Crippen LogP contribution in [-0.4, -0.2) is 47.5 Å². The first kappa shape index (κ1) is 19.2. The van der Waals surface area contributed by atoms with Gasteiger partial charge < -0.3 is 15.4 Å². The topological polar surface area (TPSA) is 76.4 Å². The molecule has 1 aromatic heterocycles. The van der Waals surface area contributed by atoms with Gasteiger partial charge in [-0.05, 0) is 24.5 Å². The van der Waals surface area contributed by atoms with Crippen LogP contribution in [0.15, 0.2) is 23.2 Å². The Morgan fingerprint density at radius 1 is 1.41 bits per heavy atom. The van der Waals surface area contributed by atoms with Gasteiger partial charge in [-0.1, -0.05) is 6.07 Å². The summed E-state index contributed by atoms with van der Waals surface area (Å²) in [6.07, 6.45) is 2.18. The molecule has 2 aromatic rings. The van der Waals surface area contributed by atoms with Crippen molar-refractivity contribution >= 4 is 5.96 Å². The minimum absolute atomic E-state index is 0.170. The summed E-state index contributed by atoms with van der Waals surface area (Å²) in [5, 5.41) is 11.0. The highest BCUT2D eigenvalue weighted by Crippen LogP contribution is 2.13. The first-order chi connectivity index (χ1) is 13.1. The smallest absolute Gasteiger partial charge is 0.191 e. The molecule has 1 atom stereocenters. The van der Waals surface area contributed by atoms with Crippen molar-refractivity contribution in [2.24, 2.45) is 4.99 Å². The van der Waals surface area contributed by atoms with Crippen molar-refractivity contribution in [1.82, 2.24) is 25.4 Å². The first-order valence-electron chi connectivity index (χ1n) is 8.91. The fourth-order valence-electron chi connectivity index (χ4n) is 3.10. The van der Waals surface area contributed by atoms with Gasteiger partial charge in [0.15, 0.2) is 11.8 Å². The number of aryl methyl sites for hydroxylation is 1. The predicted molar refractivity (Wildman–Crippen MR) is 97.4 cm³/mol. The lowest BCUT2D eigenvalue weighted by Crippen LogP contribution is -2.47. The quantitative estimate of drug-likeness (QED) is 0.587. The molecule has 2 heterocycles. The van der Waals surface area contributed by atoms with Gasteiger partial charge in [0.05, 0.1) is 6.54 Å². The summed E-state index contributed by atoms with van der Waals surface area (Å²) in [6, 6.07) is 3.80. The number of ether oxygens (including phenoxy) is 1. The fraction of sp³-hybridized carbons (Fsp3) is 0.500. The third kappa shape index (κ3) is 5.00. The van der Waals surface area contributed by atoms with Crippen molar-refractivity contribution in [2.45, 2.75) is 38.5 Å². The second-order valence-corrected chi connectivity index (χ2v) is 6.42. The number of fused-ring (bicyclic) bond motifs is 1. The standard InChI is InChI=1S/C18H24F2N6O/c1-21-18(22-8-7-12-3-4-13(19)9-15(12)20)23-14-5-6-17-24-16(11-27-2)25-26(17)10-14/h3-4,9,14H,5-8,10-11H2,1-2H3,(H2,21,22,23). The van der Waals surface area contributed by atoms with E-state index < -0.39 is 11.6 Å². The van der Waals surface area contributed by atoms with Crippen LogP contribution in [0.25, 0.3) is 0 Å². The molecule has 0 spiro atoms. The molecule has 0 bridgehead atoms. The predicted octanol–water partition coefficient (Wildman–Crippen LogP) is 1.43. The number of rotatable bonds is 6. The fourth-order valence-corrected chi connectivity index (χ4v) is 3.10. The third-order valence-corrected chi connectivity index (χ3v) is 4.44. The highest BCUT2D eigenvalue weighted by atomic mass is 19.1. The SMILES string of the molecule is CN=C(NCCc1ccc(F)cc1F)NC1CCc2nc(COC)nn2C1. The summed E-state index contributed by atoms with van der Waals surface area (Å²) in [5.41, 5.74) is 0.468. The van der Waals surface area contributed by atoms with E-state index in [2.05, 4.69) is 25.7 Å².